The lowest BCUT2D eigenvalue weighted by atomic mass is 9.91. The molecule has 0 radical (unpaired) electrons. The minimum atomic E-state index is -0.509. The summed E-state index contributed by atoms with van der Waals surface area (Å²) in [7, 11) is 0. The normalized spacial score (nSPS) is 11.6. The van der Waals surface area contributed by atoms with Crippen molar-refractivity contribution in [1.82, 2.24) is 0 Å². The standard InChI is InChI=1S/C22H23ClN2O2/c1-13(2)19-9-15(10-20(14(3)4)21(19)26)8-16(12-24)22(27)25-18-7-5-6-17(23)11-18/h5-11,13-14,26H,1-4H3,(H,25,27)/b16-8+. The van der Waals surface area contributed by atoms with Gasteiger partial charge in [0.2, 0.25) is 0 Å². The van der Waals surface area contributed by atoms with Gasteiger partial charge in [-0.25, -0.2) is 0 Å². The average Bonchev–Trinajstić information content (AvgIpc) is 2.60. The van der Waals surface area contributed by atoms with E-state index in [1.165, 1.54) is 6.08 Å². The minimum absolute atomic E-state index is 0.0231. The van der Waals surface area contributed by atoms with Crippen LogP contribution in [0.15, 0.2) is 42.0 Å². The number of carbonyl (C=O) groups is 1. The molecule has 140 valence electrons. The van der Waals surface area contributed by atoms with Crippen LogP contribution in [0.4, 0.5) is 5.69 Å². The highest BCUT2D eigenvalue weighted by Gasteiger charge is 2.16. The van der Waals surface area contributed by atoms with Gasteiger partial charge in [-0.05, 0) is 64.9 Å². The molecule has 27 heavy (non-hydrogen) atoms. The third-order valence-corrected chi connectivity index (χ3v) is 4.43. The Hall–Kier alpha value is -2.77. The Labute approximate surface area is 165 Å². The summed E-state index contributed by atoms with van der Waals surface area (Å²) >= 11 is 5.93. The predicted octanol–water partition coefficient (Wildman–Crippen LogP) is 5.84. The van der Waals surface area contributed by atoms with Crippen LogP contribution in [-0.2, 0) is 4.79 Å². The summed E-state index contributed by atoms with van der Waals surface area (Å²) in [6.45, 7) is 7.96. The first kappa shape index (κ1) is 20.5. The number of nitriles is 1. The molecule has 0 bridgehead atoms. The molecule has 0 spiro atoms. The fourth-order valence-electron chi connectivity index (χ4n) is 2.75. The Morgan fingerprint density at radius 2 is 1.74 bits per heavy atom. The number of phenols is 1. The maximum Gasteiger partial charge on any atom is 0.266 e. The van der Waals surface area contributed by atoms with Crippen molar-refractivity contribution >= 4 is 29.3 Å². The molecule has 2 aromatic rings. The van der Waals surface area contributed by atoms with Gasteiger partial charge in [0.05, 0.1) is 0 Å². The lowest BCUT2D eigenvalue weighted by molar-refractivity contribution is -0.112. The molecule has 5 heteroatoms. The summed E-state index contributed by atoms with van der Waals surface area (Å²) in [4.78, 5) is 12.5. The van der Waals surface area contributed by atoms with Crippen molar-refractivity contribution in [3.05, 3.63) is 63.7 Å². The molecule has 1 amide bonds. The summed E-state index contributed by atoms with van der Waals surface area (Å²) in [5, 5.41) is 23.1. The number of anilines is 1. The molecule has 2 aromatic carbocycles. The average molecular weight is 383 g/mol. The van der Waals surface area contributed by atoms with Gasteiger partial charge in [-0.1, -0.05) is 45.4 Å². The molecule has 2 rings (SSSR count). The van der Waals surface area contributed by atoms with Crippen LogP contribution in [0.5, 0.6) is 5.75 Å². The van der Waals surface area contributed by atoms with Crippen LogP contribution >= 0.6 is 11.6 Å². The second-order valence-corrected chi connectivity index (χ2v) is 7.43. The molecule has 0 unspecified atom stereocenters. The van der Waals surface area contributed by atoms with Gasteiger partial charge in [-0.2, -0.15) is 5.26 Å². The van der Waals surface area contributed by atoms with Crippen LogP contribution in [0, 0.1) is 11.3 Å². The third-order valence-electron chi connectivity index (χ3n) is 4.19. The highest BCUT2D eigenvalue weighted by Crippen LogP contribution is 2.35. The summed E-state index contributed by atoms with van der Waals surface area (Å²) in [5.41, 5.74) is 2.79. The van der Waals surface area contributed by atoms with E-state index in [9.17, 15) is 15.2 Å². The van der Waals surface area contributed by atoms with Gasteiger partial charge < -0.3 is 10.4 Å². The van der Waals surface area contributed by atoms with E-state index in [1.54, 1.807) is 24.3 Å². The van der Waals surface area contributed by atoms with Crippen LogP contribution in [0.3, 0.4) is 0 Å². The summed E-state index contributed by atoms with van der Waals surface area (Å²) in [6, 6.07) is 12.3. The maximum absolute atomic E-state index is 12.5. The van der Waals surface area contributed by atoms with E-state index < -0.39 is 5.91 Å². The molecule has 0 aromatic heterocycles. The molecule has 0 saturated carbocycles. The van der Waals surface area contributed by atoms with Crippen LogP contribution in [0.2, 0.25) is 5.02 Å². The number of aromatic hydroxyl groups is 1. The Balaban J connectivity index is 2.42. The van der Waals surface area contributed by atoms with E-state index in [2.05, 4.69) is 5.32 Å². The van der Waals surface area contributed by atoms with Crippen molar-refractivity contribution in [3.63, 3.8) is 0 Å². The molecule has 0 heterocycles. The molecule has 0 fully saturated rings. The molecule has 0 aliphatic carbocycles. The second-order valence-electron chi connectivity index (χ2n) is 6.99. The van der Waals surface area contributed by atoms with Gasteiger partial charge >= 0.3 is 0 Å². The predicted molar refractivity (Wildman–Crippen MR) is 110 cm³/mol. The van der Waals surface area contributed by atoms with E-state index >= 15 is 0 Å². The van der Waals surface area contributed by atoms with Crippen LogP contribution in [-0.4, -0.2) is 11.0 Å². The highest BCUT2D eigenvalue weighted by molar-refractivity contribution is 6.31. The molecule has 0 saturated heterocycles. The number of hydrogen-bond acceptors (Lipinski definition) is 3. The molecule has 4 nitrogen and oxygen atoms in total. The number of hydrogen-bond donors (Lipinski definition) is 2. The maximum atomic E-state index is 12.5. The van der Waals surface area contributed by atoms with Crippen molar-refractivity contribution in [2.75, 3.05) is 5.32 Å². The van der Waals surface area contributed by atoms with Crippen molar-refractivity contribution in [1.29, 1.82) is 5.26 Å². The summed E-state index contributed by atoms with van der Waals surface area (Å²) in [6.07, 6.45) is 1.54. The largest absolute Gasteiger partial charge is 0.507 e. The fraction of sp³-hybridized carbons (Fsp3) is 0.273. The first-order valence-electron chi connectivity index (χ1n) is 8.78. The number of benzene rings is 2. The van der Waals surface area contributed by atoms with Gasteiger partial charge in [0.15, 0.2) is 0 Å². The molecule has 2 N–H and O–H groups in total. The quantitative estimate of drug-likeness (QED) is 0.504. The lowest BCUT2D eigenvalue weighted by Crippen LogP contribution is -2.13. The smallest absolute Gasteiger partial charge is 0.266 e. The Morgan fingerprint density at radius 3 is 2.22 bits per heavy atom. The number of halogens is 1. The van der Waals surface area contributed by atoms with Gasteiger partial charge in [-0.15, -0.1) is 0 Å². The van der Waals surface area contributed by atoms with Crippen LogP contribution in [0.1, 0.15) is 56.2 Å². The number of phenolic OH excluding ortho intramolecular Hbond substituents is 1. The third kappa shape index (κ3) is 5.12. The minimum Gasteiger partial charge on any atom is -0.507 e. The Bertz CT molecular complexity index is 895. The number of amides is 1. The number of nitrogens with one attached hydrogen (secondary N) is 1. The van der Waals surface area contributed by atoms with Gasteiger partial charge in [0, 0.05) is 10.7 Å². The Morgan fingerprint density at radius 1 is 1.15 bits per heavy atom. The topological polar surface area (TPSA) is 73.1 Å². The monoisotopic (exact) mass is 382 g/mol. The number of carbonyl (C=O) groups excluding carboxylic acids is 1. The van der Waals surface area contributed by atoms with Gasteiger partial charge in [-0.3, -0.25) is 4.79 Å². The zero-order valence-corrected chi connectivity index (χ0v) is 16.6. The SMILES string of the molecule is CC(C)c1cc(/C=C(\C#N)C(=O)Nc2cccc(Cl)c2)cc(C(C)C)c1O. The van der Waals surface area contributed by atoms with E-state index in [-0.39, 0.29) is 23.2 Å². The molecular weight excluding hydrogens is 360 g/mol. The van der Waals surface area contributed by atoms with Crippen molar-refractivity contribution < 1.29 is 9.90 Å². The van der Waals surface area contributed by atoms with E-state index in [1.807, 2.05) is 45.9 Å². The molecule has 0 atom stereocenters. The van der Waals surface area contributed by atoms with Gasteiger partial charge in [0.25, 0.3) is 5.91 Å². The first-order chi connectivity index (χ1) is 12.7. The lowest BCUT2D eigenvalue weighted by Gasteiger charge is -2.16. The van der Waals surface area contributed by atoms with Gasteiger partial charge in [0.1, 0.15) is 17.4 Å². The zero-order valence-electron chi connectivity index (χ0n) is 15.9. The Kier molecular flexibility index (Phi) is 6.65. The zero-order chi connectivity index (χ0) is 20.1. The number of nitrogens with zero attached hydrogens (tertiary/aromatic N) is 1. The summed E-state index contributed by atoms with van der Waals surface area (Å²) in [5.74, 6) is -0.00702. The summed E-state index contributed by atoms with van der Waals surface area (Å²) < 4.78 is 0. The van der Waals surface area contributed by atoms with Crippen LogP contribution in [0.25, 0.3) is 6.08 Å². The van der Waals surface area contributed by atoms with Crippen molar-refractivity contribution in [2.45, 2.75) is 39.5 Å². The molecule has 0 aliphatic heterocycles. The highest BCUT2D eigenvalue weighted by atomic mass is 35.5. The molecular formula is C22H23ClN2O2. The van der Waals surface area contributed by atoms with Crippen molar-refractivity contribution in [2.24, 2.45) is 0 Å². The van der Waals surface area contributed by atoms with Crippen LogP contribution < -0.4 is 5.32 Å². The second kappa shape index (κ2) is 8.75. The van der Waals surface area contributed by atoms with E-state index in [0.29, 0.717) is 16.3 Å². The fourth-order valence-corrected chi connectivity index (χ4v) is 2.94. The number of rotatable bonds is 5. The first-order valence-corrected chi connectivity index (χ1v) is 9.16. The molecule has 0 aliphatic rings. The van der Waals surface area contributed by atoms with Crippen molar-refractivity contribution in [3.8, 4) is 11.8 Å². The van der Waals surface area contributed by atoms with E-state index in [0.717, 1.165) is 11.1 Å². The van der Waals surface area contributed by atoms with E-state index in [4.69, 9.17) is 11.6 Å².